The molecule has 0 radical (unpaired) electrons. The first kappa shape index (κ1) is 7.87. The van der Waals surface area contributed by atoms with Crippen molar-refractivity contribution < 1.29 is 0 Å². The highest BCUT2D eigenvalue weighted by molar-refractivity contribution is 5.35. The molecule has 1 atom stereocenters. The normalized spacial score (nSPS) is 31.9. The SMILES string of the molecule is CC1(C)CC1(CN)c1cc[nH]c1. The number of nitrogens with two attached hydrogens (primary N) is 1. The van der Waals surface area contributed by atoms with Gasteiger partial charge in [-0.15, -0.1) is 0 Å². The largest absolute Gasteiger partial charge is 0.367 e. The maximum atomic E-state index is 5.82. The van der Waals surface area contributed by atoms with Gasteiger partial charge in [-0.3, -0.25) is 0 Å². The minimum absolute atomic E-state index is 0.257. The lowest BCUT2D eigenvalue weighted by Crippen LogP contribution is -2.24. The fourth-order valence-electron chi connectivity index (χ4n) is 2.29. The van der Waals surface area contributed by atoms with E-state index in [0.717, 1.165) is 6.54 Å². The predicted molar refractivity (Wildman–Crippen MR) is 49.9 cm³/mol. The molecule has 1 saturated carbocycles. The average molecular weight is 164 g/mol. The molecular formula is C10H16N2. The van der Waals surface area contributed by atoms with Crippen LogP contribution in [0.25, 0.3) is 0 Å². The van der Waals surface area contributed by atoms with Gasteiger partial charge < -0.3 is 10.7 Å². The summed E-state index contributed by atoms with van der Waals surface area (Å²) in [5.41, 5.74) is 7.84. The Morgan fingerprint density at radius 2 is 2.25 bits per heavy atom. The molecule has 2 rings (SSSR count). The van der Waals surface area contributed by atoms with Crippen molar-refractivity contribution in [2.75, 3.05) is 6.54 Å². The summed E-state index contributed by atoms with van der Waals surface area (Å²) in [6, 6.07) is 2.14. The van der Waals surface area contributed by atoms with E-state index in [-0.39, 0.29) is 5.41 Å². The van der Waals surface area contributed by atoms with E-state index in [1.54, 1.807) is 0 Å². The minimum atomic E-state index is 0.257. The van der Waals surface area contributed by atoms with E-state index in [1.165, 1.54) is 12.0 Å². The van der Waals surface area contributed by atoms with E-state index >= 15 is 0 Å². The fourth-order valence-corrected chi connectivity index (χ4v) is 2.29. The molecule has 1 aliphatic rings. The van der Waals surface area contributed by atoms with Crippen LogP contribution in [0.15, 0.2) is 18.5 Å². The smallest absolute Gasteiger partial charge is 0.0147 e. The molecular weight excluding hydrogens is 148 g/mol. The quantitative estimate of drug-likeness (QED) is 0.685. The van der Waals surface area contributed by atoms with Gasteiger partial charge in [0.05, 0.1) is 0 Å². The molecule has 0 saturated heterocycles. The molecule has 1 unspecified atom stereocenters. The van der Waals surface area contributed by atoms with Gasteiger partial charge in [-0.05, 0) is 23.5 Å². The number of H-pyrrole nitrogens is 1. The first-order chi connectivity index (χ1) is 5.62. The molecule has 1 aromatic heterocycles. The first-order valence-corrected chi connectivity index (χ1v) is 4.46. The Morgan fingerprint density at radius 1 is 1.58 bits per heavy atom. The second-order valence-electron chi connectivity index (χ2n) is 4.45. The topological polar surface area (TPSA) is 41.8 Å². The second kappa shape index (κ2) is 2.13. The molecule has 2 nitrogen and oxygen atoms in total. The summed E-state index contributed by atoms with van der Waals surface area (Å²) in [4.78, 5) is 3.09. The Bertz CT molecular complexity index is 274. The average Bonchev–Trinajstić information content (AvgIpc) is 2.52. The molecule has 66 valence electrons. The molecule has 1 heterocycles. The highest BCUT2D eigenvalue weighted by atomic mass is 14.8. The number of aromatic nitrogens is 1. The van der Waals surface area contributed by atoms with Crippen LogP contribution in [0.2, 0.25) is 0 Å². The van der Waals surface area contributed by atoms with Gasteiger partial charge >= 0.3 is 0 Å². The summed E-state index contributed by atoms with van der Waals surface area (Å²) in [5.74, 6) is 0. The van der Waals surface area contributed by atoms with Gasteiger partial charge in [-0.2, -0.15) is 0 Å². The van der Waals surface area contributed by atoms with E-state index in [2.05, 4.69) is 31.1 Å². The molecule has 12 heavy (non-hydrogen) atoms. The predicted octanol–water partition coefficient (Wildman–Crippen LogP) is 1.64. The summed E-state index contributed by atoms with van der Waals surface area (Å²) < 4.78 is 0. The lowest BCUT2D eigenvalue weighted by molar-refractivity contribution is 0.503. The lowest BCUT2D eigenvalue weighted by Gasteiger charge is -2.16. The zero-order valence-corrected chi connectivity index (χ0v) is 7.72. The van der Waals surface area contributed by atoms with Gasteiger partial charge in [0, 0.05) is 24.4 Å². The molecule has 0 bridgehead atoms. The number of hydrogen-bond acceptors (Lipinski definition) is 1. The van der Waals surface area contributed by atoms with Crippen molar-refractivity contribution >= 4 is 0 Å². The van der Waals surface area contributed by atoms with Crippen molar-refractivity contribution in [3.05, 3.63) is 24.0 Å². The van der Waals surface area contributed by atoms with Crippen LogP contribution < -0.4 is 5.73 Å². The Labute approximate surface area is 73.2 Å². The number of hydrogen-bond donors (Lipinski definition) is 2. The third kappa shape index (κ3) is 0.787. The van der Waals surface area contributed by atoms with Gasteiger partial charge in [0.15, 0.2) is 0 Å². The summed E-state index contributed by atoms with van der Waals surface area (Å²) in [5, 5.41) is 0. The van der Waals surface area contributed by atoms with Crippen molar-refractivity contribution in [1.82, 2.24) is 4.98 Å². The summed E-state index contributed by atoms with van der Waals surface area (Å²) in [6.07, 6.45) is 5.26. The van der Waals surface area contributed by atoms with Crippen molar-refractivity contribution in [3.8, 4) is 0 Å². The second-order valence-corrected chi connectivity index (χ2v) is 4.45. The third-order valence-corrected chi connectivity index (χ3v) is 3.41. The standard InChI is InChI=1S/C10H16N2/c1-9(2)6-10(9,7-11)8-3-4-12-5-8/h3-5,12H,6-7,11H2,1-2H3. The number of nitrogens with one attached hydrogen (secondary N) is 1. The van der Waals surface area contributed by atoms with Crippen LogP contribution in [-0.2, 0) is 5.41 Å². The molecule has 3 N–H and O–H groups in total. The maximum Gasteiger partial charge on any atom is 0.0147 e. The Kier molecular flexibility index (Phi) is 1.40. The van der Waals surface area contributed by atoms with Gasteiger partial charge in [-0.25, -0.2) is 0 Å². The molecule has 1 aromatic rings. The van der Waals surface area contributed by atoms with Gasteiger partial charge in [0.1, 0.15) is 0 Å². The van der Waals surface area contributed by atoms with Gasteiger partial charge in [0.25, 0.3) is 0 Å². The van der Waals surface area contributed by atoms with E-state index in [1.807, 2.05) is 6.20 Å². The van der Waals surface area contributed by atoms with Gasteiger partial charge in [-0.1, -0.05) is 13.8 Å². The Hall–Kier alpha value is -0.760. The lowest BCUT2D eigenvalue weighted by atomic mass is 9.90. The van der Waals surface area contributed by atoms with E-state index in [4.69, 9.17) is 5.73 Å². The summed E-state index contributed by atoms with van der Waals surface area (Å²) in [7, 11) is 0. The van der Waals surface area contributed by atoms with Crippen molar-refractivity contribution in [2.24, 2.45) is 11.1 Å². The number of rotatable bonds is 2. The zero-order valence-electron chi connectivity index (χ0n) is 7.72. The third-order valence-electron chi connectivity index (χ3n) is 3.41. The van der Waals surface area contributed by atoms with Crippen molar-refractivity contribution in [2.45, 2.75) is 25.7 Å². The maximum absolute atomic E-state index is 5.82. The molecule has 0 aromatic carbocycles. The van der Waals surface area contributed by atoms with Crippen LogP contribution in [0, 0.1) is 5.41 Å². The summed E-state index contributed by atoms with van der Waals surface area (Å²) in [6.45, 7) is 5.33. The van der Waals surface area contributed by atoms with Crippen LogP contribution >= 0.6 is 0 Å². The number of aromatic amines is 1. The molecule has 1 fully saturated rings. The molecule has 0 amide bonds. The van der Waals surface area contributed by atoms with Crippen molar-refractivity contribution in [1.29, 1.82) is 0 Å². The molecule has 1 aliphatic carbocycles. The zero-order chi connectivity index (χ0) is 8.82. The van der Waals surface area contributed by atoms with Crippen LogP contribution in [0.4, 0.5) is 0 Å². The van der Waals surface area contributed by atoms with Crippen LogP contribution in [0.1, 0.15) is 25.8 Å². The summed E-state index contributed by atoms with van der Waals surface area (Å²) >= 11 is 0. The molecule has 0 aliphatic heterocycles. The van der Waals surface area contributed by atoms with E-state index in [0.29, 0.717) is 5.41 Å². The van der Waals surface area contributed by atoms with E-state index < -0.39 is 0 Å². The first-order valence-electron chi connectivity index (χ1n) is 4.46. The van der Waals surface area contributed by atoms with E-state index in [9.17, 15) is 0 Å². The highest BCUT2D eigenvalue weighted by Gasteiger charge is 2.61. The molecule has 0 spiro atoms. The Morgan fingerprint density at radius 3 is 2.58 bits per heavy atom. The molecule has 2 heteroatoms. The van der Waals surface area contributed by atoms with Crippen LogP contribution in [0.5, 0.6) is 0 Å². The van der Waals surface area contributed by atoms with Crippen LogP contribution in [-0.4, -0.2) is 11.5 Å². The van der Waals surface area contributed by atoms with Crippen molar-refractivity contribution in [3.63, 3.8) is 0 Å². The highest BCUT2D eigenvalue weighted by Crippen LogP contribution is 2.63. The Balaban J connectivity index is 2.34. The minimum Gasteiger partial charge on any atom is -0.367 e. The van der Waals surface area contributed by atoms with Gasteiger partial charge in [0.2, 0.25) is 0 Å². The fraction of sp³-hybridized carbons (Fsp3) is 0.600. The van der Waals surface area contributed by atoms with Crippen LogP contribution in [0.3, 0.4) is 0 Å². The monoisotopic (exact) mass is 164 g/mol.